The lowest BCUT2D eigenvalue weighted by Crippen LogP contribution is -2.46. The maximum absolute atomic E-state index is 14.1. The Bertz CT molecular complexity index is 3670. The van der Waals surface area contributed by atoms with Crippen molar-refractivity contribution < 1.29 is 80.6 Å². The number of urea groups is 1. The zero-order valence-corrected chi connectivity index (χ0v) is 57.3. The number of rotatable bonds is 42. The molecule has 0 fully saturated rings. The van der Waals surface area contributed by atoms with Crippen molar-refractivity contribution in [3.63, 3.8) is 0 Å². The fraction of sp³-hybridized carbons (Fsp3) is 0.493. The van der Waals surface area contributed by atoms with Gasteiger partial charge < -0.3 is 55.4 Å². The van der Waals surface area contributed by atoms with Crippen LogP contribution in [0.25, 0.3) is 0 Å². The first kappa shape index (κ1) is 75.8. The summed E-state index contributed by atoms with van der Waals surface area (Å²) in [6, 6.07) is 20.9. The molecule has 3 aromatic carbocycles. The number of aliphatic carboxylic acids is 3. The number of imidazole rings is 1. The van der Waals surface area contributed by atoms with E-state index in [1.807, 2.05) is 24.3 Å². The molecule has 1 aromatic heterocycles. The molecule has 1 aliphatic carbocycles. The van der Waals surface area contributed by atoms with Crippen molar-refractivity contribution in [3.8, 4) is 5.75 Å². The molecule has 97 heavy (non-hydrogen) atoms. The molecule has 524 valence electrons. The Balaban J connectivity index is 0.992. The number of aromatic nitrogens is 2. The van der Waals surface area contributed by atoms with E-state index in [9.17, 15) is 56.7 Å². The number of fused-ring (bicyclic) bond motifs is 2. The summed E-state index contributed by atoms with van der Waals surface area (Å²) in [6.07, 6.45) is 18.0. The van der Waals surface area contributed by atoms with Crippen LogP contribution in [0.5, 0.6) is 5.75 Å². The fourth-order valence-corrected chi connectivity index (χ4v) is 13.2. The van der Waals surface area contributed by atoms with Gasteiger partial charge in [0, 0.05) is 111 Å². The van der Waals surface area contributed by atoms with E-state index in [0.717, 1.165) is 73.2 Å². The van der Waals surface area contributed by atoms with Gasteiger partial charge in [0.1, 0.15) is 29.9 Å². The highest BCUT2D eigenvalue weighted by Gasteiger charge is 2.44. The van der Waals surface area contributed by atoms with Gasteiger partial charge in [-0.1, -0.05) is 81.8 Å². The quantitative estimate of drug-likeness (QED) is 0.0116. The third kappa shape index (κ3) is 22.8. The molecule has 8 N–H and O–H groups in total. The number of hydrogen-bond acceptors (Lipinski definition) is 14. The van der Waals surface area contributed by atoms with E-state index >= 15 is 0 Å². The first-order valence-corrected chi connectivity index (χ1v) is 35.3. The number of carbonyl (C=O) groups is 7. The third-order valence-corrected chi connectivity index (χ3v) is 18.7. The smallest absolute Gasteiger partial charge is 0.326 e. The second-order valence-electron chi connectivity index (χ2n) is 26.0. The van der Waals surface area contributed by atoms with Gasteiger partial charge in [-0.05, 0) is 131 Å². The summed E-state index contributed by atoms with van der Waals surface area (Å²) in [5, 5.41) is 36.2. The zero-order chi connectivity index (χ0) is 70.1. The van der Waals surface area contributed by atoms with Crippen LogP contribution in [0.1, 0.15) is 160 Å². The van der Waals surface area contributed by atoms with Crippen LogP contribution in [0.15, 0.2) is 132 Å². The van der Waals surface area contributed by atoms with E-state index in [1.165, 1.54) is 29.5 Å². The molecular weight excluding hydrogens is 1260 g/mol. The van der Waals surface area contributed by atoms with Crippen molar-refractivity contribution in [1.29, 1.82) is 0 Å². The van der Waals surface area contributed by atoms with Crippen LogP contribution in [0.3, 0.4) is 0 Å². The van der Waals surface area contributed by atoms with E-state index in [-0.39, 0.29) is 108 Å². The molecular formula is C73H96N7O16S+. The van der Waals surface area contributed by atoms with Crippen LogP contribution < -0.4 is 25.6 Å². The van der Waals surface area contributed by atoms with Gasteiger partial charge in [0.25, 0.3) is 10.1 Å². The number of anilines is 1. The van der Waals surface area contributed by atoms with Crippen LogP contribution >= 0.6 is 0 Å². The van der Waals surface area contributed by atoms with Crippen LogP contribution in [0.4, 0.5) is 16.2 Å². The maximum atomic E-state index is 14.1. The number of allylic oxidation sites excluding steroid dienone is 7. The standard InChI is InChI=1S/C73H95N7O16S/c1-6-7-12-38-79-61-23-10-8-21-57(61)72(2,3)64(79)34-28-51-18-15-19-52(29-35-65-73(4,5)58-22-9-11-24-62(58)80(65)39-13-14-44-97(91,92)93)68(51)96-56-31-26-50(27-32-56)45-53(69(86)87)46-63(82)60(47-54-48-74-49-76-54)77-66(83)36-41-95-43-42-94-40-17-20-55(81)30-33-59(70(88)89)78-71(90)75-37-16-25-67(84)85/h8-11,21-24,26-29,31-32,34-35,48-49,53,59-60H,6-7,12-20,25,30,33,36-47H2,1-5H3,(H7-,74,75,76,77,78,83,84,85,86,87,88,89,90,91,92,93)/p+1/t53-,59+,60+/m1/s1. The van der Waals surface area contributed by atoms with E-state index in [1.54, 1.807) is 12.1 Å². The van der Waals surface area contributed by atoms with Gasteiger partial charge in [-0.15, -0.1) is 0 Å². The van der Waals surface area contributed by atoms with Crippen molar-refractivity contribution in [2.24, 2.45) is 5.92 Å². The Kier molecular flexibility index (Phi) is 28.7. The summed E-state index contributed by atoms with van der Waals surface area (Å²) in [6.45, 7) is 13.1. The monoisotopic (exact) mass is 1360 g/mol. The Morgan fingerprint density at radius 2 is 1.47 bits per heavy atom. The number of unbranched alkanes of at least 4 members (excludes halogenated alkanes) is 3. The number of carboxylic acid groups (broad SMARTS) is 3. The number of H-pyrrole nitrogens is 1. The van der Waals surface area contributed by atoms with Crippen molar-refractivity contribution >= 4 is 68.6 Å². The predicted molar refractivity (Wildman–Crippen MR) is 368 cm³/mol. The van der Waals surface area contributed by atoms with Crippen molar-refractivity contribution in [1.82, 2.24) is 25.9 Å². The molecule has 3 heterocycles. The largest absolute Gasteiger partial charge is 0.481 e. The fourth-order valence-electron chi connectivity index (χ4n) is 12.6. The lowest BCUT2D eigenvalue weighted by molar-refractivity contribution is -0.438. The summed E-state index contributed by atoms with van der Waals surface area (Å²) >= 11 is 0. The molecule has 0 spiro atoms. The number of nitrogens with zero attached hydrogens (tertiary/aromatic N) is 3. The molecule has 4 aromatic rings. The van der Waals surface area contributed by atoms with Gasteiger partial charge in [-0.25, -0.2) is 14.6 Å². The number of carboxylic acids is 3. The minimum Gasteiger partial charge on any atom is -0.481 e. The third-order valence-electron chi connectivity index (χ3n) is 17.9. The minimum atomic E-state index is -4.11. The van der Waals surface area contributed by atoms with Crippen molar-refractivity contribution in [2.45, 2.75) is 173 Å². The van der Waals surface area contributed by atoms with E-state index in [0.29, 0.717) is 48.6 Å². The van der Waals surface area contributed by atoms with Crippen molar-refractivity contribution in [3.05, 3.63) is 155 Å². The molecule has 0 saturated heterocycles. The number of aromatic amines is 1. The topological polar surface area (TPSA) is 333 Å². The molecule has 0 bridgehead atoms. The molecule has 3 atom stereocenters. The summed E-state index contributed by atoms with van der Waals surface area (Å²) in [7, 11) is -4.11. The van der Waals surface area contributed by atoms with Gasteiger partial charge in [0.15, 0.2) is 11.5 Å². The van der Waals surface area contributed by atoms with Gasteiger partial charge in [0.05, 0.1) is 49.3 Å². The maximum Gasteiger partial charge on any atom is 0.326 e. The van der Waals surface area contributed by atoms with Gasteiger partial charge in [-0.2, -0.15) is 13.0 Å². The lowest BCUT2D eigenvalue weighted by Gasteiger charge is -2.27. The Morgan fingerprint density at radius 3 is 2.18 bits per heavy atom. The molecule has 0 radical (unpaired) electrons. The molecule has 0 saturated carbocycles. The van der Waals surface area contributed by atoms with Crippen LogP contribution in [0.2, 0.25) is 0 Å². The number of Topliss-reactive ketones (excluding diaryl/α,β-unsaturated/α-hetero) is 2. The number of nitrogens with one attached hydrogen (secondary N) is 4. The highest BCUT2D eigenvalue weighted by atomic mass is 32.2. The van der Waals surface area contributed by atoms with E-state index in [2.05, 4.69) is 131 Å². The van der Waals surface area contributed by atoms with Crippen molar-refractivity contribution in [2.75, 3.05) is 56.7 Å². The Labute approximate surface area is 568 Å². The number of amides is 3. The van der Waals surface area contributed by atoms with Gasteiger partial charge in [0.2, 0.25) is 11.6 Å². The predicted octanol–water partition coefficient (Wildman–Crippen LogP) is 10.4. The summed E-state index contributed by atoms with van der Waals surface area (Å²) < 4.78 is 53.5. The summed E-state index contributed by atoms with van der Waals surface area (Å²) in [4.78, 5) is 96.4. The van der Waals surface area contributed by atoms with Crippen LogP contribution in [0, 0.1) is 5.92 Å². The lowest BCUT2D eigenvalue weighted by atomic mass is 9.81. The first-order valence-electron chi connectivity index (χ1n) is 33.7. The zero-order valence-electron chi connectivity index (χ0n) is 56.4. The number of para-hydroxylation sites is 2. The second kappa shape index (κ2) is 36.7. The first-order chi connectivity index (χ1) is 46.4. The Morgan fingerprint density at radius 1 is 0.742 bits per heavy atom. The average molecular weight is 1360 g/mol. The van der Waals surface area contributed by atoms with Crippen LogP contribution in [-0.4, -0.2) is 154 Å². The highest BCUT2D eigenvalue weighted by molar-refractivity contribution is 7.85. The average Bonchev–Trinajstić information content (AvgIpc) is 1.61. The summed E-state index contributed by atoms with van der Waals surface area (Å²) in [5.74, 6) is -4.91. The number of ether oxygens (including phenoxy) is 3. The molecule has 2 aliphatic heterocycles. The van der Waals surface area contributed by atoms with E-state index in [4.69, 9.17) is 19.3 Å². The number of ketones is 2. The molecule has 0 unspecified atom stereocenters. The number of carbonyl (C=O) groups excluding carboxylic acids is 4. The molecule has 7 rings (SSSR count). The highest BCUT2D eigenvalue weighted by Crippen LogP contribution is 2.48. The number of benzene rings is 3. The van der Waals surface area contributed by atoms with Gasteiger partial charge >= 0.3 is 23.9 Å². The molecule has 3 aliphatic rings. The van der Waals surface area contributed by atoms with Gasteiger partial charge in [-0.3, -0.25) is 28.5 Å². The summed E-state index contributed by atoms with van der Waals surface area (Å²) in [5.41, 5.74) is 9.46. The number of hydrogen-bond donors (Lipinski definition) is 8. The van der Waals surface area contributed by atoms with E-state index < -0.39 is 69.2 Å². The van der Waals surface area contributed by atoms with Crippen LogP contribution in [-0.2, 0) is 72.0 Å². The second-order valence-corrected chi connectivity index (χ2v) is 27.5. The minimum absolute atomic E-state index is 0.0106. The Hall–Kier alpha value is -8.58. The molecule has 24 heteroatoms. The molecule has 23 nitrogen and oxygen atoms in total. The molecule has 3 amide bonds. The SMILES string of the molecule is CCCCC[N+]1=C(/C=C/C2=C(Oc3ccc(C[C@H](CC(=O)[C@H](Cc4cnc[nH]4)NC(=O)CCOCCOCCCC(=O)CC[C@H](NC(=O)NCCCC(=O)O)C(=O)O)C(=O)O)cc3)C(=C/C=C3/N(CCCCS(=O)(=O)O)c4ccccc4C3(C)C)/CCC2)C(C)(C)c2ccccc21. The normalized spacial score (nSPS) is 16.7.